The number of hydrogen-bond acceptors (Lipinski definition) is 4. The molecule has 7 heteroatoms. The zero-order chi connectivity index (χ0) is 18.8. The summed E-state index contributed by atoms with van der Waals surface area (Å²) in [5.41, 5.74) is 0. The van der Waals surface area contributed by atoms with Gasteiger partial charge in [-0.25, -0.2) is 0 Å². The molecule has 6 nitrogen and oxygen atoms in total. The number of likely N-dealkylation sites (tertiary alicyclic amines) is 1. The van der Waals surface area contributed by atoms with E-state index in [2.05, 4.69) is 46.2 Å². The van der Waals surface area contributed by atoms with E-state index < -0.39 is 0 Å². The average molecular weight is 495 g/mol. The van der Waals surface area contributed by atoms with Gasteiger partial charge in [-0.05, 0) is 37.8 Å². The molecule has 2 N–H and O–H groups in total. The molecular formula is C20H42IN5O. The van der Waals surface area contributed by atoms with Crippen LogP contribution in [0.5, 0.6) is 0 Å². The van der Waals surface area contributed by atoms with Gasteiger partial charge in [-0.2, -0.15) is 0 Å². The van der Waals surface area contributed by atoms with Crippen LogP contribution < -0.4 is 10.6 Å². The van der Waals surface area contributed by atoms with E-state index in [0.717, 1.165) is 45.3 Å². The maximum absolute atomic E-state index is 5.92. The number of aliphatic imine (C=N–C) groups is 1. The van der Waals surface area contributed by atoms with Crippen LogP contribution in [0.25, 0.3) is 0 Å². The van der Waals surface area contributed by atoms with Gasteiger partial charge in [0.1, 0.15) is 0 Å². The van der Waals surface area contributed by atoms with Crippen LogP contribution in [0.2, 0.25) is 0 Å². The van der Waals surface area contributed by atoms with Gasteiger partial charge in [0.25, 0.3) is 0 Å². The first kappa shape index (κ1) is 24.9. The third-order valence-corrected chi connectivity index (χ3v) is 5.20. The second-order valence-corrected chi connectivity index (χ2v) is 8.45. The number of halogens is 1. The van der Waals surface area contributed by atoms with Gasteiger partial charge in [0.05, 0.1) is 12.7 Å². The van der Waals surface area contributed by atoms with Crippen molar-refractivity contribution >= 4 is 29.9 Å². The summed E-state index contributed by atoms with van der Waals surface area (Å²) in [6.07, 6.45) is 4.36. The predicted molar refractivity (Wildman–Crippen MR) is 125 cm³/mol. The molecule has 0 aliphatic carbocycles. The molecule has 2 aliphatic rings. The van der Waals surface area contributed by atoms with Crippen LogP contribution >= 0.6 is 24.0 Å². The zero-order valence-electron chi connectivity index (χ0n) is 17.9. The summed E-state index contributed by atoms with van der Waals surface area (Å²) in [6.45, 7) is 16.4. The fourth-order valence-corrected chi connectivity index (χ4v) is 3.94. The first-order chi connectivity index (χ1) is 12.6. The quantitative estimate of drug-likeness (QED) is 0.308. The Morgan fingerprint density at radius 1 is 1.04 bits per heavy atom. The highest BCUT2D eigenvalue weighted by molar-refractivity contribution is 14.0. The van der Waals surface area contributed by atoms with Crippen LogP contribution in [0.1, 0.15) is 40.0 Å². The number of morpholine rings is 1. The van der Waals surface area contributed by atoms with Gasteiger partial charge in [-0.3, -0.25) is 9.89 Å². The Labute approximate surface area is 183 Å². The lowest BCUT2D eigenvalue weighted by Gasteiger charge is -2.34. The van der Waals surface area contributed by atoms with Crippen molar-refractivity contribution < 1.29 is 4.74 Å². The van der Waals surface area contributed by atoms with Gasteiger partial charge in [0.2, 0.25) is 0 Å². The highest BCUT2D eigenvalue weighted by Gasteiger charge is 2.21. The summed E-state index contributed by atoms with van der Waals surface area (Å²) in [7, 11) is 1.84. The van der Waals surface area contributed by atoms with E-state index in [1.54, 1.807) is 0 Å². The molecule has 0 amide bonds. The first-order valence-electron chi connectivity index (χ1n) is 10.6. The van der Waals surface area contributed by atoms with Gasteiger partial charge in [-0.1, -0.05) is 27.2 Å². The van der Waals surface area contributed by atoms with Crippen LogP contribution in [0.3, 0.4) is 0 Å². The van der Waals surface area contributed by atoms with E-state index in [9.17, 15) is 0 Å². The summed E-state index contributed by atoms with van der Waals surface area (Å²) in [6, 6.07) is 0. The molecule has 2 unspecified atom stereocenters. The molecule has 27 heavy (non-hydrogen) atoms. The van der Waals surface area contributed by atoms with Gasteiger partial charge in [0.15, 0.2) is 5.96 Å². The van der Waals surface area contributed by atoms with Crippen molar-refractivity contribution in [2.45, 2.75) is 46.1 Å². The van der Waals surface area contributed by atoms with Gasteiger partial charge >= 0.3 is 0 Å². The number of nitrogens with one attached hydrogen (secondary N) is 2. The third kappa shape index (κ3) is 10.3. The lowest BCUT2D eigenvalue weighted by Crippen LogP contribution is -2.50. The third-order valence-electron chi connectivity index (χ3n) is 5.20. The SMILES string of the molecule is CN=C(NCC(C)CN1CCCCC1)NCC1CN(CC(C)C)CCO1.I. The van der Waals surface area contributed by atoms with Crippen molar-refractivity contribution in [3.63, 3.8) is 0 Å². The van der Waals surface area contributed by atoms with Crippen molar-refractivity contribution in [1.82, 2.24) is 20.4 Å². The highest BCUT2D eigenvalue weighted by atomic mass is 127. The number of piperidine rings is 1. The van der Waals surface area contributed by atoms with E-state index in [1.807, 2.05) is 7.05 Å². The standard InChI is InChI=1S/C20H41N5O.HI/c1-17(2)14-25-10-11-26-19(16-25)13-23-20(21-4)22-12-18(3)15-24-8-6-5-7-9-24;/h17-19H,5-16H2,1-4H3,(H2,21,22,23);1H. The summed E-state index contributed by atoms with van der Waals surface area (Å²) >= 11 is 0. The molecule has 0 aromatic heterocycles. The van der Waals surface area contributed by atoms with Gasteiger partial charge in [-0.15, -0.1) is 24.0 Å². The van der Waals surface area contributed by atoms with Crippen LogP contribution in [-0.4, -0.2) is 87.9 Å². The minimum atomic E-state index is 0. The Hall–Kier alpha value is -0.120. The van der Waals surface area contributed by atoms with Gasteiger partial charge in [0, 0.05) is 46.3 Å². The highest BCUT2D eigenvalue weighted by Crippen LogP contribution is 2.10. The molecule has 2 rings (SSSR count). The summed E-state index contributed by atoms with van der Waals surface area (Å²) in [5, 5.41) is 6.93. The smallest absolute Gasteiger partial charge is 0.191 e. The molecular weight excluding hydrogens is 453 g/mol. The van der Waals surface area contributed by atoms with E-state index in [0.29, 0.717) is 11.8 Å². The number of ether oxygens (including phenoxy) is 1. The van der Waals surface area contributed by atoms with Crippen molar-refractivity contribution in [3.8, 4) is 0 Å². The molecule has 0 spiro atoms. The van der Waals surface area contributed by atoms with Crippen LogP contribution in [-0.2, 0) is 4.74 Å². The summed E-state index contributed by atoms with van der Waals surface area (Å²) in [5.74, 6) is 2.22. The van der Waals surface area contributed by atoms with Crippen LogP contribution in [0.4, 0.5) is 0 Å². The van der Waals surface area contributed by atoms with Crippen molar-refractivity contribution in [2.75, 3.05) is 66.0 Å². The number of hydrogen-bond donors (Lipinski definition) is 2. The molecule has 2 saturated heterocycles. The molecule has 0 aromatic carbocycles. The fourth-order valence-electron chi connectivity index (χ4n) is 3.94. The average Bonchev–Trinajstić information content (AvgIpc) is 2.62. The molecule has 2 atom stereocenters. The Kier molecular flexibility index (Phi) is 12.9. The summed E-state index contributed by atoms with van der Waals surface area (Å²) < 4.78 is 5.92. The van der Waals surface area contributed by atoms with E-state index in [4.69, 9.17) is 4.74 Å². The first-order valence-corrected chi connectivity index (χ1v) is 10.6. The molecule has 0 aromatic rings. The molecule has 2 fully saturated rings. The summed E-state index contributed by atoms with van der Waals surface area (Å²) in [4.78, 5) is 9.48. The zero-order valence-corrected chi connectivity index (χ0v) is 20.2. The van der Waals surface area contributed by atoms with E-state index in [1.165, 1.54) is 38.9 Å². The molecule has 2 aliphatic heterocycles. The van der Waals surface area contributed by atoms with Crippen molar-refractivity contribution in [3.05, 3.63) is 0 Å². The van der Waals surface area contributed by atoms with E-state index in [-0.39, 0.29) is 30.1 Å². The fraction of sp³-hybridized carbons (Fsp3) is 0.950. The largest absolute Gasteiger partial charge is 0.374 e. The van der Waals surface area contributed by atoms with Crippen molar-refractivity contribution in [2.24, 2.45) is 16.8 Å². The Morgan fingerprint density at radius 2 is 1.78 bits per heavy atom. The molecule has 160 valence electrons. The van der Waals surface area contributed by atoms with Crippen LogP contribution in [0, 0.1) is 11.8 Å². The lowest BCUT2D eigenvalue weighted by atomic mass is 10.1. The number of nitrogens with zero attached hydrogens (tertiary/aromatic N) is 3. The second-order valence-electron chi connectivity index (χ2n) is 8.45. The molecule has 0 bridgehead atoms. The minimum Gasteiger partial charge on any atom is -0.374 e. The molecule has 0 saturated carbocycles. The normalized spacial score (nSPS) is 23.7. The minimum absolute atomic E-state index is 0. The number of guanidine groups is 1. The topological polar surface area (TPSA) is 52.1 Å². The Morgan fingerprint density at radius 3 is 2.44 bits per heavy atom. The Bertz CT molecular complexity index is 415. The Balaban J connectivity index is 0.00000364. The lowest BCUT2D eigenvalue weighted by molar-refractivity contribution is -0.0284. The maximum atomic E-state index is 5.92. The van der Waals surface area contributed by atoms with E-state index >= 15 is 0 Å². The maximum Gasteiger partial charge on any atom is 0.191 e. The van der Waals surface area contributed by atoms with Crippen LogP contribution in [0.15, 0.2) is 4.99 Å². The molecule has 2 heterocycles. The second kappa shape index (κ2) is 14.0. The van der Waals surface area contributed by atoms with Gasteiger partial charge < -0.3 is 20.3 Å². The van der Waals surface area contributed by atoms with Crippen molar-refractivity contribution in [1.29, 1.82) is 0 Å². The molecule has 0 radical (unpaired) electrons. The predicted octanol–water partition coefficient (Wildman–Crippen LogP) is 2.25. The monoisotopic (exact) mass is 495 g/mol. The number of rotatable bonds is 8.